The molecule has 0 saturated carbocycles. The van der Waals surface area contributed by atoms with Gasteiger partial charge in [0.05, 0.1) is 39.9 Å². The van der Waals surface area contributed by atoms with E-state index in [1.54, 1.807) is 0 Å². The molecular weight excluding hydrogens is 1240 g/mol. The van der Waals surface area contributed by atoms with Crippen molar-refractivity contribution < 1.29 is 0 Å². The molecule has 11 aromatic carbocycles. The van der Waals surface area contributed by atoms with Gasteiger partial charge in [-0.1, -0.05) is 365 Å². The Balaban J connectivity index is 0.000000129. The molecule has 0 unspecified atom stereocenters. The SMILES string of the molecule is CC(C)c1cc(-c2ccccc2)nc(-c2ccccc2)n1.CC(C)c1ccc(-c2cc(-c3ccccc3)nc(-c3ccccc3)n2)cc1.CC(C)c1ccc(-c2nc(-c3ccccc3)cc(-c3ccccc3)n2)cc1.CC(C)c1cccc(-c2cc(-c3ccccc3)nc(-c3ccccc3)n2)c1. The van der Waals surface area contributed by atoms with Crippen LogP contribution in [0.15, 0.2) is 340 Å². The Kier molecular flexibility index (Phi) is 23.2. The van der Waals surface area contributed by atoms with Gasteiger partial charge in [0.1, 0.15) is 0 Å². The summed E-state index contributed by atoms with van der Waals surface area (Å²) in [5.41, 5.74) is 23.5. The highest BCUT2D eigenvalue weighted by Crippen LogP contribution is 2.34. The lowest BCUT2D eigenvalue weighted by atomic mass is 9.99. The number of benzene rings is 11. The van der Waals surface area contributed by atoms with Gasteiger partial charge in [-0.25, -0.2) is 39.9 Å². The van der Waals surface area contributed by atoms with Gasteiger partial charge < -0.3 is 0 Å². The van der Waals surface area contributed by atoms with Crippen LogP contribution in [0, 0.1) is 0 Å². The summed E-state index contributed by atoms with van der Waals surface area (Å²) in [6.07, 6.45) is 0. The molecule has 0 aliphatic rings. The van der Waals surface area contributed by atoms with E-state index in [4.69, 9.17) is 39.9 Å². The van der Waals surface area contributed by atoms with Crippen molar-refractivity contribution in [1.82, 2.24) is 39.9 Å². The number of aromatic nitrogens is 8. The number of hydrogen-bond donors (Lipinski definition) is 0. The minimum absolute atomic E-state index is 0.373. The molecule has 0 N–H and O–H groups in total. The van der Waals surface area contributed by atoms with Crippen molar-refractivity contribution in [3.8, 4) is 124 Å². The van der Waals surface area contributed by atoms with E-state index < -0.39 is 0 Å². The van der Waals surface area contributed by atoms with Gasteiger partial charge in [0.2, 0.25) is 0 Å². The third kappa shape index (κ3) is 18.3. The second-order valence-electron chi connectivity index (χ2n) is 26.3. The number of nitrogens with zero attached hydrogens (tertiary/aromatic N) is 8. The Morgan fingerprint density at radius 3 is 0.647 bits per heavy atom. The topological polar surface area (TPSA) is 103 Å². The molecule has 0 aliphatic heterocycles. The highest BCUT2D eigenvalue weighted by atomic mass is 14.9. The molecule has 0 spiro atoms. The van der Waals surface area contributed by atoms with E-state index in [2.05, 4.69) is 237 Å². The summed E-state index contributed by atoms with van der Waals surface area (Å²) >= 11 is 0. The third-order valence-corrected chi connectivity index (χ3v) is 17.5. The molecule has 0 saturated heterocycles. The fourth-order valence-electron chi connectivity index (χ4n) is 11.6. The normalized spacial score (nSPS) is 10.9. The first kappa shape index (κ1) is 69.6. The van der Waals surface area contributed by atoms with Gasteiger partial charge in [-0.15, -0.1) is 0 Å². The summed E-state index contributed by atoms with van der Waals surface area (Å²) in [5, 5.41) is 0. The highest BCUT2D eigenvalue weighted by molar-refractivity contribution is 5.75. The fourth-order valence-corrected chi connectivity index (χ4v) is 11.6. The smallest absolute Gasteiger partial charge is 0.160 e. The molecule has 0 amide bonds. The van der Waals surface area contributed by atoms with Gasteiger partial charge in [-0.2, -0.15) is 0 Å². The van der Waals surface area contributed by atoms with Crippen LogP contribution >= 0.6 is 0 Å². The Morgan fingerprint density at radius 1 is 0.157 bits per heavy atom. The number of rotatable bonds is 15. The van der Waals surface area contributed by atoms with E-state index >= 15 is 0 Å². The molecule has 500 valence electrons. The predicted molar refractivity (Wildman–Crippen MR) is 424 cm³/mol. The van der Waals surface area contributed by atoms with Gasteiger partial charge in [-0.05, 0) is 70.7 Å². The Morgan fingerprint density at radius 2 is 0.373 bits per heavy atom. The molecule has 0 radical (unpaired) electrons. The largest absolute Gasteiger partial charge is 0.233 e. The third-order valence-electron chi connectivity index (χ3n) is 17.5. The van der Waals surface area contributed by atoms with Crippen LogP contribution in [0.4, 0.5) is 0 Å². The Hall–Kier alpha value is -12.3. The second-order valence-corrected chi connectivity index (χ2v) is 26.3. The summed E-state index contributed by atoms with van der Waals surface area (Å²) < 4.78 is 0. The van der Waals surface area contributed by atoms with Crippen LogP contribution in [0.3, 0.4) is 0 Å². The van der Waals surface area contributed by atoms with Gasteiger partial charge in [0.25, 0.3) is 0 Å². The van der Waals surface area contributed by atoms with Gasteiger partial charge in [0, 0.05) is 66.9 Å². The van der Waals surface area contributed by atoms with Crippen LogP contribution < -0.4 is 0 Å². The molecule has 0 bridgehead atoms. The Bertz CT molecular complexity index is 4690. The lowest BCUT2D eigenvalue weighted by Gasteiger charge is -2.11. The van der Waals surface area contributed by atoms with Crippen LogP contribution in [0.2, 0.25) is 0 Å². The van der Waals surface area contributed by atoms with Crippen molar-refractivity contribution >= 4 is 0 Å². The molecular formula is C94H84N8. The first-order valence-electron chi connectivity index (χ1n) is 35.2. The predicted octanol–water partition coefficient (Wildman–Crippen LogP) is 24.7. The quantitative estimate of drug-likeness (QED) is 0.1000. The van der Waals surface area contributed by atoms with Crippen LogP contribution in [0.25, 0.3) is 124 Å². The minimum atomic E-state index is 0.373. The average Bonchev–Trinajstić information content (AvgIpc) is 0.822. The highest BCUT2D eigenvalue weighted by Gasteiger charge is 2.16. The summed E-state index contributed by atoms with van der Waals surface area (Å²) in [6, 6.07) is 116. The van der Waals surface area contributed by atoms with Crippen LogP contribution in [-0.2, 0) is 0 Å². The Labute approximate surface area is 601 Å². The minimum Gasteiger partial charge on any atom is -0.233 e. The monoisotopic (exact) mass is 1320 g/mol. The van der Waals surface area contributed by atoms with Crippen molar-refractivity contribution in [3.05, 3.63) is 362 Å². The molecule has 4 heterocycles. The molecule has 102 heavy (non-hydrogen) atoms. The zero-order valence-corrected chi connectivity index (χ0v) is 59.2. The average molecular weight is 1330 g/mol. The fraction of sp³-hybridized carbons (Fsp3) is 0.128. The zero-order chi connectivity index (χ0) is 70.6. The summed E-state index contributed by atoms with van der Waals surface area (Å²) in [6.45, 7) is 17.6. The first-order chi connectivity index (χ1) is 49.8. The molecule has 0 atom stereocenters. The van der Waals surface area contributed by atoms with E-state index in [1.807, 2.05) is 158 Å². The van der Waals surface area contributed by atoms with E-state index in [0.29, 0.717) is 23.7 Å². The van der Waals surface area contributed by atoms with Gasteiger partial charge in [0.15, 0.2) is 23.3 Å². The van der Waals surface area contributed by atoms with Crippen molar-refractivity contribution in [2.24, 2.45) is 0 Å². The molecule has 15 rings (SSSR count). The van der Waals surface area contributed by atoms with Crippen molar-refractivity contribution in [3.63, 3.8) is 0 Å². The van der Waals surface area contributed by atoms with Crippen LogP contribution in [0.5, 0.6) is 0 Å². The van der Waals surface area contributed by atoms with Gasteiger partial charge in [-0.3, -0.25) is 0 Å². The van der Waals surface area contributed by atoms with Crippen molar-refractivity contribution in [2.75, 3.05) is 0 Å². The molecule has 8 heteroatoms. The van der Waals surface area contributed by atoms with E-state index in [9.17, 15) is 0 Å². The maximum Gasteiger partial charge on any atom is 0.160 e. The maximum absolute atomic E-state index is 4.89. The van der Waals surface area contributed by atoms with E-state index in [1.165, 1.54) is 16.7 Å². The van der Waals surface area contributed by atoms with Crippen LogP contribution in [-0.4, -0.2) is 39.9 Å². The summed E-state index contributed by atoms with van der Waals surface area (Å²) in [7, 11) is 0. The molecule has 8 nitrogen and oxygen atoms in total. The number of hydrogen-bond acceptors (Lipinski definition) is 8. The maximum atomic E-state index is 4.89. The summed E-state index contributed by atoms with van der Waals surface area (Å²) in [5.74, 6) is 4.93. The standard InChI is InChI=1S/3C25H22N2.C19H18N2/c1-18(2)21-14-9-15-22(16-21)24-17-23(19-10-5-3-6-11-19)26-25(27-24)20-12-7-4-8-13-20;1-18(2)19-13-15-21(16-14-19)24-17-23(20-9-5-3-6-10-20)26-25(27-24)22-11-7-4-8-12-22;1-18(2)19-13-15-22(16-14-19)25-26-23(20-9-5-3-6-10-20)17-24(27-25)21-11-7-4-8-12-21;1-14(2)17-13-18(15-9-5-3-6-10-15)21-19(20-17)16-11-7-4-8-12-16/h3*3-18H,1-2H3;3-14H,1-2H3. The lowest BCUT2D eigenvalue weighted by Crippen LogP contribution is -1.99. The molecule has 4 aromatic heterocycles. The molecule has 15 aromatic rings. The van der Waals surface area contributed by atoms with E-state index in [0.717, 1.165) is 130 Å². The van der Waals surface area contributed by atoms with Crippen molar-refractivity contribution in [1.29, 1.82) is 0 Å². The van der Waals surface area contributed by atoms with E-state index in [-0.39, 0.29) is 0 Å². The first-order valence-corrected chi connectivity index (χ1v) is 35.2. The zero-order valence-electron chi connectivity index (χ0n) is 59.2. The van der Waals surface area contributed by atoms with Crippen LogP contribution in [0.1, 0.15) is 101 Å². The van der Waals surface area contributed by atoms with Crippen molar-refractivity contribution in [2.45, 2.75) is 79.1 Å². The second kappa shape index (κ2) is 34.0. The molecule has 0 fully saturated rings. The molecule has 0 aliphatic carbocycles. The van der Waals surface area contributed by atoms with Gasteiger partial charge >= 0.3 is 0 Å². The lowest BCUT2D eigenvalue weighted by molar-refractivity contribution is 0.818. The summed E-state index contributed by atoms with van der Waals surface area (Å²) in [4.78, 5) is 38.6.